The molecule has 0 unspecified atom stereocenters. The lowest BCUT2D eigenvalue weighted by Crippen LogP contribution is -2.38. The third kappa shape index (κ3) is 8.38. The average Bonchev–Trinajstić information content (AvgIpc) is 2.66. The van der Waals surface area contributed by atoms with Crippen LogP contribution in [0.4, 0.5) is 0 Å². The third-order valence-corrected chi connectivity index (χ3v) is 3.63. The van der Waals surface area contributed by atoms with Gasteiger partial charge >= 0.3 is 0 Å². The molecule has 2 aromatic carbocycles. The van der Waals surface area contributed by atoms with Crippen LogP contribution in [0.15, 0.2) is 53.5 Å². The number of aromatic hydroxyl groups is 1. The molecule has 0 saturated carbocycles. The van der Waals surface area contributed by atoms with E-state index in [-0.39, 0.29) is 29.7 Å². The van der Waals surface area contributed by atoms with Gasteiger partial charge in [0.25, 0.3) is 0 Å². The summed E-state index contributed by atoms with van der Waals surface area (Å²) < 4.78 is 10.7. The summed E-state index contributed by atoms with van der Waals surface area (Å²) in [5.74, 6) is 2.20. The fourth-order valence-corrected chi connectivity index (χ4v) is 2.33. The molecule has 0 amide bonds. The highest BCUT2D eigenvalue weighted by molar-refractivity contribution is 14.0. The van der Waals surface area contributed by atoms with Crippen molar-refractivity contribution in [1.82, 2.24) is 10.6 Å². The number of guanidine groups is 1. The summed E-state index contributed by atoms with van der Waals surface area (Å²) in [7, 11) is 1.53. The van der Waals surface area contributed by atoms with Gasteiger partial charge in [-0.1, -0.05) is 24.3 Å². The molecular weight excluding hydrogens is 457 g/mol. The molecule has 0 aromatic heterocycles. The first-order chi connectivity index (χ1) is 12.7. The molecule has 7 heteroatoms. The second-order valence-corrected chi connectivity index (χ2v) is 5.64. The zero-order valence-corrected chi connectivity index (χ0v) is 18.1. The Kier molecular flexibility index (Phi) is 11.1. The van der Waals surface area contributed by atoms with Crippen molar-refractivity contribution < 1.29 is 14.6 Å². The van der Waals surface area contributed by atoms with Crippen LogP contribution in [-0.2, 0) is 6.54 Å². The molecule has 0 radical (unpaired) electrons. The number of benzene rings is 2. The molecule has 0 saturated heterocycles. The number of nitrogens with one attached hydrogen (secondary N) is 2. The molecule has 0 aliphatic rings. The molecule has 148 valence electrons. The van der Waals surface area contributed by atoms with Crippen LogP contribution < -0.4 is 20.1 Å². The van der Waals surface area contributed by atoms with Gasteiger partial charge < -0.3 is 25.2 Å². The Labute approximate surface area is 178 Å². The molecule has 3 N–H and O–H groups in total. The SMILES string of the molecule is CCNC(=NCc1ccc(OC)c(O)c1)NCCCOc1ccccc1.I. The number of rotatable bonds is 9. The van der Waals surface area contributed by atoms with Crippen LogP contribution in [0.5, 0.6) is 17.2 Å². The van der Waals surface area contributed by atoms with Gasteiger partial charge in [0, 0.05) is 13.1 Å². The molecule has 0 spiro atoms. The quantitative estimate of drug-likeness (QED) is 0.219. The second kappa shape index (κ2) is 13.1. The van der Waals surface area contributed by atoms with Gasteiger partial charge in [0.15, 0.2) is 17.5 Å². The minimum absolute atomic E-state index is 0. The molecule has 0 aliphatic carbocycles. The van der Waals surface area contributed by atoms with Gasteiger partial charge in [0.05, 0.1) is 20.3 Å². The van der Waals surface area contributed by atoms with E-state index < -0.39 is 0 Å². The van der Waals surface area contributed by atoms with Gasteiger partial charge in [-0.05, 0) is 43.2 Å². The van der Waals surface area contributed by atoms with Gasteiger partial charge in [-0.25, -0.2) is 4.99 Å². The van der Waals surface area contributed by atoms with E-state index >= 15 is 0 Å². The number of ether oxygens (including phenoxy) is 2. The molecule has 0 aliphatic heterocycles. The van der Waals surface area contributed by atoms with E-state index in [1.165, 1.54) is 7.11 Å². The fourth-order valence-electron chi connectivity index (χ4n) is 2.33. The highest BCUT2D eigenvalue weighted by Crippen LogP contribution is 2.26. The molecule has 0 bridgehead atoms. The molecular formula is C20H28IN3O3. The minimum atomic E-state index is 0. The van der Waals surface area contributed by atoms with Crippen LogP contribution in [-0.4, -0.2) is 37.9 Å². The summed E-state index contributed by atoms with van der Waals surface area (Å²) in [6, 6.07) is 15.1. The van der Waals surface area contributed by atoms with Crippen LogP contribution in [0.1, 0.15) is 18.9 Å². The van der Waals surface area contributed by atoms with E-state index in [9.17, 15) is 5.11 Å². The van der Waals surface area contributed by atoms with Gasteiger partial charge in [-0.2, -0.15) is 0 Å². The lowest BCUT2D eigenvalue weighted by atomic mass is 10.2. The summed E-state index contributed by atoms with van der Waals surface area (Å²) in [6.45, 7) is 4.66. The topological polar surface area (TPSA) is 75.1 Å². The second-order valence-electron chi connectivity index (χ2n) is 5.64. The maximum absolute atomic E-state index is 9.84. The molecule has 27 heavy (non-hydrogen) atoms. The van der Waals surface area contributed by atoms with E-state index in [1.807, 2.05) is 43.3 Å². The summed E-state index contributed by atoms with van der Waals surface area (Å²) in [5.41, 5.74) is 0.910. The number of nitrogens with zero attached hydrogens (tertiary/aromatic N) is 1. The Morgan fingerprint density at radius 2 is 1.89 bits per heavy atom. The fraction of sp³-hybridized carbons (Fsp3) is 0.350. The van der Waals surface area contributed by atoms with Crippen molar-refractivity contribution >= 4 is 29.9 Å². The number of aliphatic imine (C=N–C) groups is 1. The number of methoxy groups -OCH3 is 1. The number of hydrogen-bond donors (Lipinski definition) is 3. The van der Waals surface area contributed by atoms with Crippen molar-refractivity contribution in [2.24, 2.45) is 4.99 Å². The Morgan fingerprint density at radius 1 is 1.11 bits per heavy atom. The van der Waals surface area contributed by atoms with Crippen molar-refractivity contribution in [2.45, 2.75) is 19.9 Å². The van der Waals surface area contributed by atoms with E-state index in [1.54, 1.807) is 12.1 Å². The minimum Gasteiger partial charge on any atom is -0.504 e. The van der Waals surface area contributed by atoms with Gasteiger partial charge in [-0.15, -0.1) is 24.0 Å². The Balaban J connectivity index is 0.00000364. The van der Waals surface area contributed by atoms with Gasteiger partial charge in [-0.3, -0.25) is 0 Å². The van der Waals surface area contributed by atoms with Crippen molar-refractivity contribution in [1.29, 1.82) is 0 Å². The average molecular weight is 485 g/mol. The largest absolute Gasteiger partial charge is 0.504 e. The van der Waals surface area contributed by atoms with Crippen LogP contribution >= 0.6 is 24.0 Å². The smallest absolute Gasteiger partial charge is 0.191 e. The zero-order chi connectivity index (χ0) is 18.6. The maximum Gasteiger partial charge on any atom is 0.191 e. The Morgan fingerprint density at radius 3 is 2.56 bits per heavy atom. The third-order valence-electron chi connectivity index (χ3n) is 3.63. The lowest BCUT2D eigenvalue weighted by Gasteiger charge is -2.12. The van der Waals surface area contributed by atoms with Crippen LogP contribution in [0.2, 0.25) is 0 Å². The van der Waals surface area contributed by atoms with Crippen molar-refractivity contribution in [3.05, 3.63) is 54.1 Å². The van der Waals surface area contributed by atoms with Gasteiger partial charge in [0.2, 0.25) is 0 Å². The summed E-state index contributed by atoms with van der Waals surface area (Å²) in [5, 5.41) is 16.3. The Bertz CT molecular complexity index is 696. The van der Waals surface area contributed by atoms with Crippen LogP contribution in [0, 0.1) is 0 Å². The monoisotopic (exact) mass is 485 g/mol. The van der Waals surface area contributed by atoms with Crippen molar-refractivity contribution in [2.75, 3.05) is 26.8 Å². The molecule has 0 fully saturated rings. The van der Waals surface area contributed by atoms with Crippen molar-refractivity contribution in [3.8, 4) is 17.2 Å². The zero-order valence-electron chi connectivity index (χ0n) is 15.8. The normalized spacial score (nSPS) is 10.7. The van der Waals surface area contributed by atoms with E-state index in [0.29, 0.717) is 18.9 Å². The summed E-state index contributed by atoms with van der Waals surface area (Å²) in [4.78, 5) is 4.54. The predicted molar refractivity (Wildman–Crippen MR) is 119 cm³/mol. The standard InChI is InChI=1S/C20H27N3O3.HI/c1-3-21-20(22-12-7-13-26-17-8-5-4-6-9-17)23-15-16-10-11-19(25-2)18(24)14-16;/h4-6,8-11,14,24H,3,7,12-13,15H2,1-2H3,(H2,21,22,23);1H. The maximum atomic E-state index is 9.84. The van der Waals surface area contributed by atoms with E-state index in [2.05, 4.69) is 15.6 Å². The van der Waals surface area contributed by atoms with E-state index in [0.717, 1.165) is 36.8 Å². The molecule has 0 atom stereocenters. The number of phenols is 1. The Hall–Kier alpha value is -2.16. The number of phenolic OH excluding ortho intramolecular Hbond substituents is 1. The van der Waals surface area contributed by atoms with Gasteiger partial charge in [0.1, 0.15) is 5.75 Å². The first-order valence-electron chi connectivity index (χ1n) is 8.79. The predicted octanol–water partition coefficient (Wildman–Crippen LogP) is 3.54. The first kappa shape index (κ1) is 22.9. The number of hydrogen-bond acceptors (Lipinski definition) is 4. The number of halogens is 1. The van der Waals surface area contributed by atoms with Crippen LogP contribution in [0.25, 0.3) is 0 Å². The molecule has 6 nitrogen and oxygen atoms in total. The van der Waals surface area contributed by atoms with Crippen LogP contribution in [0.3, 0.4) is 0 Å². The highest BCUT2D eigenvalue weighted by atomic mass is 127. The highest BCUT2D eigenvalue weighted by Gasteiger charge is 2.03. The van der Waals surface area contributed by atoms with E-state index in [4.69, 9.17) is 9.47 Å². The summed E-state index contributed by atoms with van der Waals surface area (Å²) >= 11 is 0. The molecule has 2 aromatic rings. The first-order valence-corrected chi connectivity index (χ1v) is 8.79. The number of para-hydroxylation sites is 1. The summed E-state index contributed by atoms with van der Waals surface area (Å²) in [6.07, 6.45) is 0.864. The lowest BCUT2D eigenvalue weighted by molar-refractivity contribution is 0.311. The molecule has 0 heterocycles. The molecule has 2 rings (SSSR count). The van der Waals surface area contributed by atoms with Crippen molar-refractivity contribution in [3.63, 3.8) is 0 Å².